The number of ketones is 1. The van der Waals surface area contributed by atoms with Crippen molar-refractivity contribution in [3.05, 3.63) is 23.8 Å². The monoisotopic (exact) mass is 370 g/mol. The summed E-state index contributed by atoms with van der Waals surface area (Å²) in [5.74, 6) is 2.56. The zero-order chi connectivity index (χ0) is 18.9. The van der Waals surface area contributed by atoms with Crippen molar-refractivity contribution in [1.29, 1.82) is 0 Å². The molecule has 0 N–H and O–H groups in total. The predicted molar refractivity (Wildman–Crippen MR) is 105 cm³/mol. The van der Waals surface area contributed by atoms with Gasteiger partial charge >= 0.3 is 0 Å². The third-order valence-corrected chi connectivity index (χ3v) is 8.56. The molecule has 0 unspecified atom stereocenters. The van der Waals surface area contributed by atoms with Crippen molar-refractivity contribution in [2.24, 2.45) is 34.5 Å². The van der Waals surface area contributed by atoms with E-state index in [1.54, 1.807) is 5.57 Å². The molecule has 0 bridgehead atoms. The molecule has 1 aliphatic heterocycles. The summed E-state index contributed by atoms with van der Waals surface area (Å²) in [6.07, 6.45) is 14.2. The second-order valence-corrected chi connectivity index (χ2v) is 10.6. The first kappa shape index (κ1) is 18.1. The Hall–Kier alpha value is -0.930. The molecule has 1 saturated heterocycles. The van der Waals surface area contributed by atoms with Gasteiger partial charge in [-0.3, -0.25) is 4.79 Å². The van der Waals surface area contributed by atoms with Gasteiger partial charge in [-0.15, -0.1) is 0 Å². The summed E-state index contributed by atoms with van der Waals surface area (Å²) >= 11 is 0. The number of carbonyl (C=O) groups excluding carboxylic acids is 1. The zero-order valence-electron chi connectivity index (χ0n) is 17.1. The molecule has 3 heteroatoms. The van der Waals surface area contributed by atoms with Crippen molar-refractivity contribution < 1.29 is 14.3 Å². The van der Waals surface area contributed by atoms with Gasteiger partial charge in [-0.2, -0.15) is 0 Å². The first-order valence-corrected chi connectivity index (χ1v) is 11.1. The summed E-state index contributed by atoms with van der Waals surface area (Å²) in [6.45, 7) is 8.24. The Labute approximate surface area is 163 Å². The minimum Gasteiger partial charge on any atom is -0.349 e. The van der Waals surface area contributed by atoms with Gasteiger partial charge in [0.05, 0.1) is 13.2 Å². The standard InChI is InChI=1S/C24H34O3/c1-4-23-11-9-18-17-10-12-24(26-14-22(2,3)15-27-24)13-16(17)5-6-19(18)20(23)7-8-21(23)25/h5,7-8,17-20H,4,6,9-15H2,1-3H3/t17-,18+,19+,20-,23-/m0/s1. The van der Waals surface area contributed by atoms with Crippen molar-refractivity contribution in [2.45, 2.75) is 71.5 Å². The lowest BCUT2D eigenvalue weighted by molar-refractivity contribution is -0.307. The number of ether oxygens (including phenoxy) is 2. The van der Waals surface area contributed by atoms with E-state index in [1.807, 2.05) is 6.08 Å². The van der Waals surface area contributed by atoms with Gasteiger partial charge in [-0.05, 0) is 61.9 Å². The minimum absolute atomic E-state index is 0.0798. The molecule has 2 saturated carbocycles. The van der Waals surface area contributed by atoms with Crippen LogP contribution in [-0.2, 0) is 14.3 Å². The summed E-state index contributed by atoms with van der Waals surface area (Å²) in [5, 5.41) is 0. The molecule has 1 heterocycles. The predicted octanol–water partition coefficient (Wildman–Crippen LogP) is 5.06. The minimum atomic E-state index is -0.365. The van der Waals surface area contributed by atoms with E-state index < -0.39 is 0 Å². The maximum Gasteiger partial charge on any atom is 0.172 e. The molecule has 5 aliphatic rings. The van der Waals surface area contributed by atoms with Crippen LogP contribution >= 0.6 is 0 Å². The summed E-state index contributed by atoms with van der Waals surface area (Å²) < 4.78 is 12.6. The maximum atomic E-state index is 12.6. The second-order valence-electron chi connectivity index (χ2n) is 10.6. The topological polar surface area (TPSA) is 35.5 Å². The molecule has 3 nitrogen and oxygen atoms in total. The van der Waals surface area contributed by atoms with Crippen LogP contribution < -0.4 is 0 Å². The first-order valence-electron chi connectivity index (χ1n) is 11.1. The molecule has 5 atom stereocenters. The SMILES string of the molecule is CC[C@]12CC[C@H]3[C@@H](CC=C4CC5(CC[C@@H]43)OCC(C)(C)CO5)[C@@H]1C=CC2=O. The van der Waals surface area contributed by atoms with Crippen LogP contribution in [0.2, 0.25) is 0 Å². The van der Waals surface area contributed by atoms with Crippen LogP contribution in [0.15, 0.2) is 23.8 Å². The van der Waals surface area contributed by atoms with E-state index in [0.717, 1.165) is 51.2 Å². The molecule has 27 heavy (non-hydrogen) atoms. The van der Waals surface area contributed by atoms with E-state index in [0.29, 0.717) is 23.5 Å². The van der Waals surface area contributed by atoms with Gasteiger partial charge in [-0.1, -0.05) is 38.5 Å². The van der Waals surface area contributed by atoms with Gasteiger partial charge in [0.2, 0.25) is 0 Å². The Morgan fingerprint density at radius 2 is 1.89 bits per heavy atom. The second kappa shape index (κ2) is 6.03. The highest BCUT2D eigenvalue weighted by atomic mass is 16.7. The van der Waals surface area contributed by atoms with Gasteiger partial charge < -0.3 is 9.47 Å². The summed E-state index contributed by atoms with van der Waals surface area (Å²) in [6, 6.07) is 0. The Kier molecular flexibility index (Phi) is 4.05. The average Bonchev–Trinajstić information content (AvgIpc) is 3.01. The number of carbonyl (C=O) groups is 1. The number of rotatable bonds is 1. The van der Waals surface area contributed by atoms with Crippen molar-refractivity contribution in [2.75, 3.05) is 13.2 Å². The highest BCUT2D eigenvalue weighted by Crippen LogP contribution is 2.60. The van der Waals surface area contributed by atoms with Crippen LogP contribution in [0.4, 0.5) is 0 Å². The molecule has 0 aromatic heterocycles. The lowest BCUT2D eigenvalue weighted by Gasteiger charge is -2.54. The van der Waals surface area contributed by atoms with Crippen LogP contribution in [0.3, 0.4) is 0 Å². The number of hydrogen-bond acceptors (Lipinski definition) is 3. The van der Waals surface area contributed by atoms with Gasteiger partial charge in [-0.25, -0.2) is 0 Å². The van der Waals surface area contributed by atoms with E-state index in [1.165, 1.54) is 12.8 Å². The number of hydrogen-bond donors (Lipinski definition) is 0. The number of fused-ring (bicyclic) bond motifs is 5. The van der Waals surface area contributed by atoms with E-state index in [2.05, 4.69) is 32.9 Å². The Morgan fingerprint density at radius 3 is 2.63 bits per heavy atom. The molecule has 4 aliphatic carbocycles. The van der Waals surface area contributed by atoms with Crippen LogP contribution in [0.1, 0.15) is 65.7 Å². The molecule has 5 rings (SSSR count). The highest BCUT2D eigenvalue weighted by Gasteiger charge is 2.56. The molecule has 0 aromatic carbocycles. The quantitative estimate of drug-likeness (QED) is 0.605. The van der Waals surface area contributed by atoms with Crippen LogP contribution in [0.5, 0.6) is 0 Å². The largest absolute Gasteiger partial charge is 0.349 e. The average molecular weight is 371 g/mol. The fourth-order valence-corrected chi connectivity index (χ4v) is 6.94. The smallest absolute Gasteiger partial charge is 0.172 e. The van der Waals surface area contributed by atoms with E-state index in [4.69, 9.17) is 9.47 Å². The van der Waals surface area contributed by atoms with E-state index in [9.17, 15) is 4.79 Å². The Bertz CT molecular complexity index is 692. The van der Waals surface area contributed by atoms with Gasteiger partial charge in [0, 0.05) is 23.7 Å². The molecule has 0 radical (unpaired) electrons. The molecular formula is C24H34O3. The van der Waals surface area contributed by atoms with Crippen LogP contribution in [0, 0.1) is 34.5 Å². The molecular weight excluding hydrogens is 336 g/mol. The highest BCUT2D eigenvalue weighted by molar-refractivity contribution is 5.98. The third kappa shape index (κ3) is 2.64. The molecule has 1 spiro atoms. The molecule has 3 fully saturated rings. The normalized spacial score (nSPS) is 44.4. The van der Waals surface area contributed by atoms with Gasteiger partial charge in [0.1, 0.15) is 0 Å². The van der Waals surface area contributed by atoms with Gasteiger partial charge in [0.15, 0.2) is 11.6 Å². The summed E-state index contributed by atoms with van der Waals surface area (Å²) in [5.41, 5.74) is 1.63. The fourth-order valence-electron chi connectivity index (χ4n) is 6.94. The van der Waals surface area contributed by atoms with Crippen molar-refractivity contribution in [3.8, 4) is 0 Å². The zero-order valence-corrected chi connectivity index (χ0v) is 17.1. The summed E-state index contributed by atoms with van der Waals surface area (Å²) in [7, 11) is 0. The maximum absolute atomic E-state index is 12.6. The molecule has 148 valence electrons. The van der Waals surface area contributed by atoms with Crippen LogP contribution in [-0.4, -0.2) is 24.8 Å². The van der Waals surface area contributed by atoms with E-state index in [-0.39, 0.29) is 16.6 Å². The molecule has 0 amide bonds. The van der Waals surface area contributed by atoms with Crippen molar-refractivity contribution in [3.63, 3.8) is 0 Å². The van der Waals surface area contributed by atoms with Crippen molar-refractivity contribution >= 4 is 5.78 Å². The fraction of sp³-hybridized carbons (Fsp3) is 0.792. The van der Waals surface area contributed by atoms with Crippen LogP contribution in [0.25, 0.3) is 0 Å². The molecule has 0 aromatic rings. The first-order chi connectivity index (χ1) is 12.9. The lowest BCUT2D eigenvalue weighted by Crippen LogP contribution is -2.52. The van der Waals surface area contributed by atoms with Crippen molar-refractivity contribution in [1.82, 2.24) is 0 Å². The Morgan fingerprint density at radius 1 is 1.11 bits per heavy atom. The van der Waals surface area contributed by atoms with Gasteiger partial charge in [0.25, 0.3) is 0 Å². The van der Waals surface area contributed by atoms with E-state index >= 15 is 0 Å². The summed E-state index contributed by atoms with van der Waals surface area (Å²) in [4.78, 5) is 12.6. The third-order valence-electron chi connectivity index (χ3n) is 8.56. The number of allylic oxidation sites excluding steroid dienone is 3. The Balaban J connectivity index is 1.37. The lowest BCUT2D eigenvalue weighted by atomic mass is 9.51.